The molecule has 0 fully saturated rings. The summed E-state index contributed by atoms with van der Waals surface area (Å²) in [7, 11) is 2.94. The van der Waals surface area contributed by atoms with Crippen LogP contribution in [0.3, 0.4) is 0 Å². The van der Waals surface area contributed by atoms with E-state index in [0.717, 1.165) is 3.57 Å². The van der Waals surface area contributed by atoms with Gasteiger partial charge in [-0.1, -0.05) is 24.3 Å². The molecule has 0 spiro atoms. The van der Waals surface area contributed by atoms with Crippen molar-refractivity contribution in [2.75, 3.05) is 20.8 Å². The lowest BCUT2D eigenvalue weighted by Crippen LogP contribution is -2.10. The van der Waals surface area contributed by atoms with Crippen LogP contribution in [0.2, 0.25) is 0 Å². The normalized spacial score (nSPS) is 10.6. The highest BCUT2D eigenvalue weighted by molar-refractivity contribution is 14.1. The minimum absolute atomic E-state index is 0.161. The first kappa shape index (κ1) is 20.0. The van der Waals surface area contributed by atoms with E-state index in [4.69, 9.17) is 14.2 Å². The minimum atomic E-state index is -0.537. The molecule has 0 amide bonds. The van der Waals surface area contributed by atoms with Crippen molar-refractivity contribution in [1.29, 1.82) is 0 Å². The lowest BCUT2D eigenvalue weighted by Gasteiger charge is -2.14. The molecule has 2 aromatic rings. The van der Waals surface area contributed by atoms with Gasteiger partial charge in [-0.3, -0.25) is 4.79 Å². The first-order chi connectivity index (χ1) is 12.5. The van der Waals surface area contributed by atoms with Gasteiger partial charge in [-0.25, -0.2) is 4.79 Å². The van der Waals surface area contributed by atoms with Crippen LogP contribution in [-0.4, -0.2) is 32.6 Å². The van der Waals surface area contributed by atoms with Crippen molar-refractivity contribution in [3.63, 3.8) is 0 Å². The highest BCUT2D eigenvalue weighted by atomic mass is 127. The van der Waals surface area contributed by atoms with Crippen molar-refractivity contribution in [3.05, 3.63) is 62.7 Å². The number of carbonyl (C=O) groups excluding carboxylic acids is 2. The molecule has 0 N–H and O–H groups in total. The largest absolute Gasteiger partial charge is 0.493 e. The van der Waals surface area contributed by atoms with E-state index in [1.165, 1.54) is 20.3 Å². The molecule has 0 aromatic heterocycles. The summed E-state index contributed by atoms with van der Waals surface area (Å²) in [5.41, 5.74) is 1.31. The number of rotatable bonds is 7. The zero-order valence-electron chi connectivity index (χ0n) is 14.7. The standard InChI is InChI=1S/C20H19IO5/c1-4-26-20(23)18-14(8-12-17(24-2)19(18)25-3)7-11-16(22)13-5-9-15(21)10-6-13/h5-12H,4H2,1-3H3/b11-7+. The van der Waals surface area contributed by atoms with Crippen molar-refractivity contribution in [3.8, 4) is 11.5 Å². The zero-order chi connectivity index (χ0) is 19.1. The third kappa shape index (κ3) is 4.63. The van der Waals surface area contributed by atoms with Crippen LogP contribution in [0, 0.1) is 3.57 Å². The molecule has 0 aliphatic rings. The van der Waals surface area contributed by atoms with E-state index >= 15 is 0 Å². The Morgan fingerprint density at radius 2 is 1.73 bits per heavy atom. The van der Waals surface area contributed by atoms with Crippen LogP contribution in [-0.2, 0) is 4.74 Å². The van der Waals surface area contributed by atoms with Gasteiger partial charge in [0.2, 0.25) is 0 Å². The van der Waals surface area contributed by atoms with Crippen molar-refractivity contribution in [1.82, 2.24) is 0 Å². The second-order valence-corrected chi connectivity index (χ2v) is 6.44. The van der Waals surface area contributed by atoms with Crippen LogP contribution in [0.15, 0.2) is 42.5 Å². The van der Waals surface area contributed by atoms with Gasteiger partial charge in [0.05, 0.1) is 20.8 Å². The van der Waals surface area contributed by atoms with Gasteiger partial charge >= 0.3 is 5.97 Å². The molecule has 5 nitrogen and oxygen atoms in total. The van der Waals surface area contributed by atoms with Crippen LogP contribution in [0.25, 0.3) is 6.08 Å². The SMILES string of the molecule is CCOC(=O)c1c(/C=C/C(=O)c2ccc(I)cc2)ccc(OC)c1OC. The average molecular weight is 466 g/mol. The molecule has 0 aliphatic heterocycles. The molecule has 2 aromatic carbocycles. The maximum Gasteiger partial charge on any atom is 0.342 e. The van der Waals surface area contributed by atoms with Crippen LogP contribution in [0.4, 0.5) is 0 Å². The van der Waals surface area contributed by atoms with Gasteiger partial charge in [-0.05, 0) is 59.4 Å². The molecule has 0 saturated carbocycles. The molecule has 6 heteroatoms. The van der Waals surface area contributed by atoms with Gasteiger partial charge in [-0.2, -0.15) is 0 Å². The molecule has 0 unspecified atom stereocenters. The number of halogens is 1. The Bertz CT molecular complexity index is 825. The lowest BCUT2D eigenvalue weighted by molar-refractivity contribution is 0.0521. The molecule has 26 heavy (non-hydrogen) atoms. The van der Waals surface area contributed by atoms with Crippen LogP contribution < -0.4 is 9.47 Å². The number of methoxy groups -OCH3 is 2. The van der Waals surface area contributed by atoms with E-state index in [1.54, 1.807) is 37.3 Å². The fourth-order valence-corrected chi connectivity index (χ4v) is 2.73. The summed E-state index contributed by atoms with van der Waals surface area (Å²) in [5.74, 6) is -0.0120. The van der Waals surface area contributed by atoms with Crippen molar-refractivity contribution >= 4 is 40.4 Å². The number of allylic oxidation sites excluding steroid dienone is 1. The van der Waals surface area contributed by atoms with Crippen molar-refractivity contribution < 1.29 is 23.8 Å². The van der Waals surface area contributed by atoms with Gasteiger partial charge in [0.25, 0.3) is 0 Å². The lowest BCUT2D eigenvalue weighted by atomic mass is 10.0. The summed E-state index contributed by atoms with van der Waals surface area (Å²) in [6, 6.07) is 10.6. The number of ether oxygens (including phenoxy) is 3. The maximum atomic E-state index is 12.4. The third-order valence-corrected chi connectivity index (χ3v) is 4.32. The van der Waals surface area contributed by atoms with E-state index in [-0.39, 0.29) is 23.7 Å². The number of carbonyl (C=O) groups is 2. The summed E-state index contributed by atoms with van der Waals surface area (Å²) in [5, 5.41) is 0. The van der Waals surface area contributed by atoms with Gasteiger partial charge in [0, 0.05) is 9.13 Å². The molecule has 0 atom stereocenters. The Balaban J connectivity index is 2.42. The Kier molecular flexibility index (Phi) is 7.20. The first-order valence-electron chi connectivity index (χ1n) is 7.91. The summed E-state index contributed by atoms with van der Waals surface area (Å²) in [6.07, 6.45) is 3.00. The van der Waals surface area contributed by atoms with Gasteiger partial charge in [-0.15, -0.1) is 0 Å². The monoisotopic (exact) mass is 466 g/mol. The Labute approximate surface area is 166 Å². The predicted molar refractivity (Wildman–Crippen MR) is 108 cm³/mol. The van der Waals surface area contributed by atoms with Gasteiger partial charge in [0.1, 0.15) is 5.56 Å². The van der Waals surface area contributed by atoms with Crippen LogP contribution in [0.5, 0.6) is 11.5 Å². The van der Waals surface area contributed by atoms with E-state index in [0.29, 0.717) is 16.9 Å². The van der Waals surface area contributed by atoms with E-state index < -0.39 is 5.97 Å². The van der Waals surface area contributed by atoms with Crippen LogP contribution in [0.1, 0.15) is 33.2 Å². The van der Waals surface area contributed by atoms with Crippen molar-refractivity contribution in [2.24, 2.45) is 0 Å². The Morgan fingerprint density at radius 1 is 1.04 bits per heavy atom. The highest BCUT2D eigenvalue weighted by Crippen LogP contribution is 2.34. The zero-order valence-corrected chi connectivity index (χ0v) is 16.9. The molecule has 0 bridgehead atoms. The number of benzene rings is 2. The fraction of sp³-hybridized carbons (Fsp3) is 0.200. The minimum Gasteiger partial charge on any atom is -0.493 e. The molecule has 136 valence electrons. The molecule has 0 heterocycles. The number of hydrogen-bond donors (Lipinski definition) is 0. The van der Waals surface area contributed by atoms with E-state index in [9.17, 15) is 9.59 Å². The second kappa shape index (κ2) is 9.38. The summed E-state index contributed by atoms with van der Waals surface area (Å²) in [6.45, 7) is 1.95. The van der Waals surface area contributed by atoms with E-state index in [2.05, 4.69) is 22.6 Å². The van der Waals surface area contributed by atoms with Crippen molar-refractivity contribution in [2.45, 2.75) is 6.92 Å². The average Bonchev–Trinajstić information content (AvgIpc) is 2.65. The van der Waals surface area contributed by atoms with Gasteiger partial charge in [0.15, 0.2) is 17.3 Å². The molecule has 2 rings (SSSR count). The highest BCUT2D eigenvalue weighted by Gasteiger charge is 2.21. The Morgan fingerprint density at radius 3 is 2.31 bits per heavy atom. The first-order valence-corrected chi connectivity index (χ1v) is 8.99. The number of hydrogen-bond acceptors (Lipinski definition) is 5. The third-order valence-electron chi connectivity index (χ3n) is 3.60. The second-order valence-electron chi connectivity index (χ2n) is 5.19. The summed E-state index contributed by atoms with van der Waals surface area (Å²) < 4.78 is 16.7. The summed E-state index contributed by atoms with van der Waals surface area (Å²) >= 11 is 2.18. The van der Waals surface area contributed by atoms with E-state index in [1.807, 2.05) is 12.1 Å². The molecule has 0 saturated heterocycles. The predicted octanol–water partition coefficient (Wildman–Crippen LogP) is 4.38. The smallest absolute Gasteiger partial charge is 0.342 e. The van der Waals surface area contributed by atoms with Crippen LogP contribution >= 0.6 is 22.6 Å². The molecule has 0 radical (unpaired) electrons. The molecular formula is C20H19IO5. The Hall–Kier alpha value is -2.35. The fourth-order valence-electron chi connectivity index (χ4n) is 2.37. The molecular weight excluding hydrogens is 447 g/mol. The number of ketones is 1. The summed E-state index contributed by atoms with van der Waals surface area (Å²) in [4.78, 5) is 24.7. The maximum absolute atomic E-state index is 12.4. The topological polar surface area (TPSA) is 61.8 Å². The quantitative estimate of drug-likeness (QED) is 0.262. The molecule has 0 aliphatic carbocycles. The number of esters is 1. The van der Waals surface area contributed by atoms with Gasteiger partial charge < -0.3 is 14.2 Å².